The number of allylic oxidation sites excluding steroid dienone is 2. The van der Waals surface area contributed by atoms with Crippen LogP contribution in [-0.4, -0.2) is 18.8 Å². The molecule has 0 radical (unpaired) electrons. The third-order valence-corrected chi connectivity index (χ3v) is 1.26. The van der Waals surface area contributed by atoms with Gasteiger partial charge in [0.25, 0.3) is 0 Å². The highest BCUT2D eigenvalue weighted by molar-refractivity contribution is 5.20. The summed E-state index contributed by atoms with van der Waals surface area (Å²) in [5, 5.41) is 10.1. The Bertz CT molecular complexity index is 127. The van der Waals surface area contributed by atoms with E-state index in [1.54, 1.807) is 0 Å². The summed E-state index contributed by atoms with van der Waals surface area (Å²) < 4.78 is 0. The molecule has 10 heavy (non-hydrogen) atoms. The second kappa shape index (κ2) is 6.36. The largest absolute Gasteiger partial charge is 0.400 e. The molecule has 1 aliphatic heterocycles. The molecule has 0 atom stereocenters. The van der Waals surface area contributed by atoms with Gasteiger partial charge in [0.2, 0.25) is 0 Å². The van der Waals surface area contributed by atoms with Crippen LogP contribution in [0.2, 0.25) is 0 Å². The van der Waals surface area contributed by atoms with Crippen molar-refractivity contribution in [2.45, 2.75) is 13.3 Å². The maximum absolute atomic E-state index is 7.00. The zero-order valence-corrected chi connectivity index (χ0v) is 6.59. The molecule has 0 saturated carbocycles. The van der Waals surface area contributed by atoms with E-state index in [4.69, 9.17) is 5.11 Å². The molecule has 2 N–H and O–H groups in total. The van der Waals surface area contributed by atoms with Crippen LogP contribution in [0, 0.1) is 0 Å². The van der Waals surface area contributed by atoms with E-state index < -0.39 is 0 Å². The quantitative estimate of drug-likeness (QED) is 0.572. The maximum Gasteiger partial charge on any atom is 0.0328 e. The van der Waals surface area contributed by atoms with E-state index in [0.717, 1.165) is 20.1 Å². The number of hydrogen-bond acceptors (Lipinski definition) is 2. The number of dihydropyridines is 1. The predicted octanol–water partition coefficient (Wildman–Crippen LogP) is 1.05. The minimum atomic E-state index is 0.990. The van der Waals surface area contributed by atoms with Gasteiger partial charge in [0, 0.05) is 13.7 Å². The standard InChI is InChI=1S/C7H11N.CH4O/c1-2-7-4-3-5-8-6-7;1-2/h3-4,6,8H,2,5H2,1H3;2H,1H3. The highest BCUT2D eigenvalue weighted by Gasteiger charge is 1.89. The van der Waals surface area contributed by atoms with Crippen molar-refractivity contribution in [2.75, 3.05) is 13.7 Å². The maximum atomic E-state index is 7.00. The fourth-order valence-electron chi connectivity index (χ4n) is 0.736. The Balaban J connectivity index is 0.000000371. The summed E-state index contributed by atoms with van der Waals surface area (Å²) in [6.45, 7) is 3.15. The van der Waals surface area contributed by atoms with Crippen LogP contribution < -0.4 is 5.32 Å². The highest BCUT2D eigenvalue weighted by Crippen LogP contribution is 2.02. The van der Waals surface area contributed by atoms with Crippen LogP contribution in [0.4, 0.5) is 0 Å². The summed E-state index contributed by atoms with van der Waals surface area (Å²) in [6, 6.07) is 0. The van der Waals surface area contributed by atoms with Crippen molar-refractivity contribution < 1.29 is 5.11 Å². The number of hydrogen-bond donors (Lipinski definition) is 2. The first-order valence-electron chi connectivity index (χ1n) is 3.47. The monoisotopic (exact) mass is 141 g/mol. The fraction of sp³-hybridized carbons (Fsp3) is 0.500. The molecule has 0 aromatic heterocycles. The normalized spacial score (nSPS) is 14.5. The van der Waals surface area contributed by atoms with Gasteiger partial charge in [-0.15, -0.1) is 0 Å². The second-order valence-corrected chi connectivity index (χ2v) is 1.88. The second-order valence-electron chi connectivity index (χ2n) is 1.88. The molecule has 0 unspecified atom stereocenters. The van der Waals surface area contributed by atoms with Crippen molar-refractivity contribution >= 4 is 0 Å². The van der Waals surface area contributed by atoms with Crippen molar-refractivity contribution in [3.63, 3.8) is 0 Å². The van der Waals surface area contributed by atoms with Gasteiger partial charge in [-0.3, -0.25) is 0 Å². The summed E-state index contributed by atoms with van der Waals surface area (Å²) in [6.07, 6.45) is 7.50. The lowest BCUT2D eigenvalue weighted by molar-refractivity contribution is 0.399. The molecule has 0 aliphatic carbocycles. The smallest absolute Gasteiger partial charge is 0.0328 e. The summed E-state index contributed by atoms with van der Waals surface area (Å²) in [5.74, 6) is 0. The lowest BCUT2D eigenvalue weighted by Crippen LogP contribution is -2.08. The van der Waals surface area contributed by atoms with Gasteiger partial charge in [-0.1, -0.05) is 19.1 Å². The molecule has 0 aromatic carbocycles. The lowest BCUT2D eigenvalue weighted by atomic mass is 10.2. The van der Waals surface area contributed by atoms with Crippen molar-refractivity contribution in [2.24, 2.45) is 0 Å². The van der Waals surface area contributed by atoms with E-state index >= 15 is 0 Å². The Morgan fingerprint density at radius 2 is 2.30 bits per heavy atom. The van der Waals surface area contributed by atoms with Crippen molar-refractivity contribution in [1.82, 2.24) is 5.32 Å². The van der Waals surface area contributed by atoms with Crippen LogP contribution in [0.25, 0.3) is 0 Å². The van der Waals surface area contributed by atoms with Gasteiger partial charge in [0.05, 0.1) is 0 Å². The summed E-state index contributed by atoms with van der Waals surface area (Å²) in [5.41, 5.74) is 1.39. The molecule has 58 valence electrons. The Labute approximate surface area is 62.3 Å². The average molecular weight is 141 g/mol. The first-order valence-corrected chi connectivity index (χ1v) is 3.47. The lowest BCUT2D eigenvalue weighted by Gasteiger charge is -2.04. The van der Waals surface area contributed by atoms with Gasteiger partial charge in [-0.25, -0.2) is 0 Å². The van der Waals surface area contributed by atoms with Crippen molar-refractivity contribution in [3.05, 3.63) is 23.9 Å². The number of nitrogens with one attached hydrogen (secondary N) is 1. The van der Waals surface area contributed by atoms with Gasteiger partial charge in [-0.2, -0.15) is 0 Å². The number of aliphatic hydroxyl groups is 1. The van der Waals surface area contributed by atoms with Crippen LogP contribution in [0.15, 0.2) is 23.9 Å². The van der Waals surface area contributed by atoms with Crippen molar-refractivity contribution in [3.8, 4) is 0 Å². The van der Waals surface area contributed by atoms with Gasteiger partial charge in [-0.05, 0) is 18.2 Å². The summed E-state index contributed by atoms with van der Waals surface area (Å²) in [4.78, 5) is 0. The Morgan fingerprint density at radius 1 is 1.60 bits per heavy atom. The Morgan fingerprint density at radius 3 is 2.60 bits per heavy atom. The van der Waals surface area contributed by atoms with Gasteiger partial charge in [0.15, 0.2) is 0 Å². The highest BCUT2D eigenvalue weighted by atomic mass is 16.2. The van der Waals surface area contributed by atoms with E-state index in [2.05, 4.69) is 30.6 Å². The molecule has 0 aromatic rings. The topological polar surface area (TPSA) is 32.3 Å². The Kier molecular flexibility index (Phi) is 5.88. The Hall–Kier alpha value is -0.760. The molecule has 0 saturated heterocycles. The molecule has 2 nitrogen and oxygen atoms in total. The van der Waals surface area contributed by atoms with Crippen LogP contribution in [-0.2, 0) is 0 Å². The molecule has 1 aliphatic rings. The first-order chi connectivity index (χ1) is 4.93. The van der Waals surface area contributed by atoms with Crippen molar-refractivity contribution in [1.29, 1.82) is 0 Å². The number of rotatable bonds is 1. The summed E-state index contributed by atoms with van der Waals surface area (Å²) >= 11 is 0. The SMILES string of the molecule is CCC1=CNCC=C1.CO. The number of aliphatic hydroxyl groups excluding tert-OH is 1. The van der Waals surface area contributed by atoms with E-state index in [1.807, 2.05) is 0 Å². The molecule has 0 spiro atoms. The van der Waals surface area contributed by atoms with Crippen LogP contribution in [0.5, 0.6) is 0 Å². The van der Waals surface area contributed by atoms with Gasteiger partial charge >= 0.3 is 0 Å². The van der Waals surface area contributed by atoms with Gasteiger partial charge < -0.3 is 10.4 Å². The average Bonchev–Trinajstić information content (AvgIpc) is 2.10. The minimum Gasteiger partial charge on any atom is -0.400 e. The fourth-order valence-corrected chi connectivity index (χ4v) is 0.736. The van der Waals surface area contributed by atoms with E-state index in [9.17, 15) is 0 Å². The van der Waals surface area contributed by atoms with E-state index in [1.165, 1.54) is 5.57 Å². The molecule has 0 fully saturated rings. The van der Waals surface area contributed by atoms with Crippen LogP contribution in [0.3, 0.4) is 0 Å². The van der Waals surface area contributed by atoms with E-state index in [-0.39, 0.29) is 0 Å². The predicted molar refractivity (Wildman–Crippen MR) is 43.7 cm³/mol. The minimum absolute atomic E-state index is 0.990. The van der Waals surface area contributed by atoms with Crippen LogP contribution >= 0.6 is 0 Å². The first kappa shape index (κ1) is 9.24. The molecule has 0 bridgehead atoms. The van der Waals surface area contributed by atoms with Crippen LogP contribution in [0.1, 0.15) is 13.3 Å². The third-order valence-electron chi connectivity index (χ3n) is 1.26. The zero-order chi connectivity index (χ0) is 7.82. The molecular weight excluding hydrogens is 126 g/mol. The third kappa shape index (κ3) is 3.30. The molecular formula is C8H15NO. The molecule has 1 rings (SSSR count). The molecule has 2 heteroatoms. The zero-order valence-electron chi connectivity index (χ0n) is 6.59. The van der Waals surface area contributed by atoms with E-state index in [0.29, 0.717) is 0 Å². The van der Waals surface area contributed by atoms with Gasteiger partial charge in [0.1, 0.15) is 0 Å². The molecule has 0 amide bonds. The molecule has 1 heterocycles. The summed E-state index contributed by atoms with van der Waals surface area (Å²) in [7, 11) is 1.00.